The Morgan fingerprint density at radius 3 is 2.25 bits per heavy atom. The Morgan fingerprint density at radius 1 is 1.25 bits per heavy atom. The van der Waals surface area contributed by atoms with Gasteiger partial charge < -0.3 is 9.31 Å². The molecule has 16 heavy (non-hydrogen) atoms. The molecule has 0 saturated carbocycles. The third-order valence-electron chi connectivity index (χ3n) is 3.33. The second kappa shape index (κ2) is 3.57. The van der Waals surface area contributed by atoms with Crippen LogP contribution in [0.3, 0.4) is 0 Å². The van der Waals surface area contributed by atoms with Crippen LogP contribution < -0.4 is 0 Å². The summed E-state index contributed by atoms with van der Waals surface area (Å²) in [5, 5.41) is 7.91. The zero-order chi connectivity index (χ0) is 12.0. The summed E-state index contributed by atoms with van der Waals surface area (Å²) >= 11 is 0. The Hall–Kier alpha value is -0.875. The Balaban J connectivity index is 2.04. The SMILES string of the molecule is Cn1cc(CB2OC(C)(C)C(C)(C)O2)nn1. The van der Waals surface area contributed by atoms with Crippen molar-refractivity contribution < 1.29 is 9.31 Å². The molecule has 0 N–H and O–H groups in total. The molecule has 0 amide bonds. The molecule has 1 fully saturated rings. The minimum absolute atomic E-state index is 0.235. The van der Waals surface area contributed by atoms with Crippen LogP contribution in [0.1, 0.15) is 33.4 Å². The van der Waals surface area contributed by atoms with Crippen molar-refractivity contribution in [2.75, 3.05) is 0 Å². The molecular weight excluding hydrogens is 205 g/mol. The largest absolute Gasteiger partial charge is 0.464 e. The maximum Gasteiger partial charge on any atom is 0.464 e. The lowest BCUT2D eigenvalue weighted by Gasteiger charge is -2.32. The van der Waals surface area contributed by atoms with Crippen LogP contribution in [0, 0.1) is 0 Å². The Kier molecular flexibility index (Phi) is 2.59. The number of nitrogens with zero attached hydrogens (tertiary/aromatic N) is 3. The van der Waals surface area contributed by atoms with E-state index in [2.05, 4.69) is 10.3 Å². The Labute approximate surface area is 96.3 Å². The summed E-state index contributed by atoms with van der Waals surface area (Å²) in [5.74, 6) is 0. The van der Waals surface area contributed by atoms with Crippen molar-refractivity contribution in [2.45, 2.75) is 45.2 Å². The molecule has 0 radical (unpaired) electrons. The average Bonchev–Trinajstić information content (AvgIpc) is 2.56. The number of rotatable bonds is 2. The lowest BCUT2D eigenvalue weighted by molar-refractivity contribution is 0.00578. The van der Waals surface area contributed by atoms with Gasteiger partial charge >= 0.3 is 7.12 Å². The molecule has 0 aliphatic carbocycles. The molecule has 1 aliphatic heterocycles. The van der Waals surface area contributed by atoms with Crippen molar-refractivity contribution in [2.24, 2.45) is 7.05 Å². The van der Waals surface area contributed by atoms with Crippen LogP contribution in [0.4, 0.5) is 0 Å². The highest BCUT2D eigenvalue weighted by atomic mass is 16.7. The summed E-state index contributed by atoms with van der Waals surface area (Å²) in [5.41, 5.74) is 0.334. The molecule has 1 aromatic rings. The fourth-order valence-electron chi connectivity index (χ4n) is 1.71. The predicted octanol–water partition coefficient (Wildman–Crippen LogP) is 0.989. The molecular formula is C10H18BN3O2. The molecule has 2 heterocycles. The molecule has 0 atom stereocenters. The lowest BCUT2D eigenvalue weighted by Crippen LogP contribution is -2.41. The van der Waals surface area contributed by atoms with Crippen molar-refractivity contribution in [1.29, 1.82) is 0 Å². The molecule has 0 aromatic carbocycles. The summed E-state index contributed by atoms with van der Waals surface area (Å²) in [7, 11) is 1.61. The van der Waals surface area contributed by atoms with Crippen molar-refractivity contribution in [3.05, 3.63) is 11.9 Å². The molecule has 1 saturated heterocycles. The molecule has 5 nitrogen and oxygen atoms in total. The van der Waals surface area contributed by atoms with Crippen molar-refractivity contribution >= 4 is 7.12 Å². The van der Waals surface area contributed by atoms with Crippen LogP contribution in [0.5, 0.6) is 0 Å². The molecule has 1 aliphatic rings. The van der Waals surface area contributed by atoms with E-state index in [1.54, 1.807) is 4.68 Å². The van der Waals surface area contributed by atoms with E-state index >= 15 is 0 Å². The molecule has 0 bridgehead atoms. The first-order valence-corrected chi connectivity index (χ1v) is 5.51. The first kappa shape index (κ1) is 11.6. The number of hydrogen-bond donors (Lipinski definition) is 0. The second-order valence-electron chi connectivity index (χ2n) is 5.27. The summed E-state index contributed by atoms with van der Waals surface area (Å²) in [4.78, 5) is 0. The Bertz CT molecular complexity index is 373. The van der Waals surface area contributed by atoms with E-state index < -0.39 is 0 Å². The minimum Gasteiger partial charge on any atom is -0.403 e. The van der Waals surface area contributed by atoms with Crippen LogP contribution in [-0.2, 0) is 22.7 Å². The van der Waals surface area contributed by atoms with Crippen LogP contribution in [0.2, 0.25) is 0 Å². The van der Waals surface area contributed by atoms with Gasteiger partial charge in [0.2, 0.25) is 0 Å². The maximum atomic E-state index is 5.88. The standard InChI is InChI=1S/C10H18BN3O2/c1-9(2)10(3,4)16-11(15-9)6-8-7-14(5)13-12-8/h7H,6H2,1-5H3. The van der Waals surface area contributed by atoms with Gasteiger partial charge in [-0.15, -0.1) is 5.10 Å². The Morgan fingerprint density at radius 2 is 1.81 bits per heavy atom. The van der Waals surface area contributed by atoms with E-state index in [-0.39, 0.29) is 18.3 Å². The molecule has 0 unspecified atom stereocenters. The quantitative estimate of drug-likeness (QED) is 0.701. The number of hydrogen-bond acceptors (Lipinski definition) is 4. The van der Waals surface area contributed by atoms with Gasteiger partial charge in [0, 0.05) is 19.6 Å². The fraction of sp³-hybridized carbons (Fsp3) is 0.800. The van der Waals surface area contributed by atoms with Crippen molar-refractivity contribution in [3.8, 4) is 0 Å². The van der Waals surface area contributed by atoms with E-state index in [0.29, 0.717) is 6.32 Å². The van der Waals surface area contributed by atoms with Crippen molar-refractivity contribution in [3.63, 3.8) is 0 Å². The summed E-state index contributed by atoms with van der Waals surface area (Å²) in [6.45, 7) is 8.18. The monoisotopic (exact) mass is 223 g/mol. The van der Waals surface area contributed by atoms with Crippen LogP contribution in [0.25, 0.3) is 0 Å². The summed E-state index contributed by atoms with van der Waals surface area (Å²) in [6, 6.07) is 0. The van der Waals surface area contributed by atoms with Gasteiger partial charge in [-0.3, -0.25) is 4.68 Å². The normalized spacial score (nSPS) is 22.7. The fourth-order valence-corrected chi connectivity index (χ4v) is 1.71. The predicted molar refractivity (Wildman–Crippen MR) is 60.8 cm³/mol. The zero-order valence-corrected chi connectivity index (χ0v) is 10.5. The van der Waals surface area contributed by atoms with Gasteiger partial charge in [0.1, 0.15) is 0 Å². The molecule has 6 heteroatoms. The van der Waals surface area contributed by atoms with Gasteiger partial charge in [-0.2, -0.15) is 0 Å². The molecule has 0 spiro atoms. The van der Waals surface area contributed by atoms with E-state index in [0.717, 1.165) is 5.69 Å². The van der Waals surface area contributed by atoms with Gasteiger partial charge in [-0.25, -0.2) is 0 Å². The highest BCUT2D eigenvalue weighted by Crippen LogP contribution is 2.37. The van der Waals surface area contributed by atoms with E-state index in [1.807, 2.05) is 40.9 Å². The topological polar surface area (TPSA) is 49.2 Å². The molecule has 1 aromatic heterocycles. The smallest absolute Gasteiger partial charge is 0.403 e. The number of aryl methyl sites for hydroxylation is 1. The van der Waals surface area contributed by atoms with E-state index in [9.17, 15) is 0 Å². The summed E-state index contributed by atoms with van der Waals surface area (Å²) in [6.07, 6.45) is 2.52. The molecule has 2 rings (SSSR count). The van der Waals surface area contributed by atoms with Gasteiger partial charge in [0.25, 0.3) is 0 Å². The van der Waals surface area contributed by atoms with Crippen LogP contribution >= 0.6 is 0 Å². The van der Waals surface area contributed by atoms with Crippen LogP contribution in [-0.4, -0.2) is 33.3 Å². The highest BCUT2D eigenvalue weighted by Gasteiger charge is 2.51. The van der Waals surface area contributed by atoms with Crippen LogP contribution in [0.15, 0.2) is 6.20 Å². The average molecular weight is 223 g/mol. The van der Waals surface area contributed by atoms with Gasteiger partial charge in [-0.05, 0) is 27.7 Å². The first-order chi connectivity index (χ1) is 7.30. The summed E-state index contributed by atoms with van der Waals surface area (Å²) < 4.78 is 13.4. The third kappa shape index (κ3) is 1.99. The maximum absolute atomic E-state index is 5.88. The third-order valence-corrected chi connectivity index (χ3v) is 3.33. The number of aromatic nitrogens is 3. The van der Waals surface area contributed by atoms with E-state index in [4.69, 9.17) is 9.31 Å². The highest BCUT2D eigenvalue weighted by molar-refractivity contribution is 6.44. The minimum atomic E-state index is -0.278. The van der Waals surface area contributed by atoms with E-state index in [1.165, 1.54) is 0 Å². The molecule has 88 valence electrons. The van der Waals surface area contributed by atoms with Gasteiger partial charge in [0.05, 0.1) is 16.9 Å². The first-order valence-electron chi connectivity index (χ1n) is 5.51. The lowest BCUT2D eigenvalue weighted by atomic mass is 9.83. The van der Waals surface area contributed by atoms with Gasteiger partial charge in [0.15, 0.2) is 0 Å². The van der Waals surface area contributed by atoms with Crippen molar-refractivity contribution in [1.82, 2.24) is 15.0 Å². The zero-order valence-electron chi connectivity index (χ0n) is 10.5. The second-order valence-corrected chi connectivity index (χ2v) is 5.27. The van der Waals surface area contributed by atoms with Gasteiger partial charge in [-0.1, -0.05) is 5.21 Å².